The molecule has 0 aliphatic rings. The van der Waals surface area contributed by atoms with Crippen LogP contribution in [0.4, 0.5) is 13.2 Å². The van der Waals surface area contributed by atoms with Crippen molar-refractivity contribution in [2.24, 2.45) is 5.73 Å². The second kappa shape index (κ2) is 3.10. The molecule has 0 bridgehead atoms. The predicted molar refractivity (Wildman–Crippen MR) is 37.1 cm³/mol. The SMILES string of the molecule is NCC(F)(F)c1ccncc1F. The van der Waals surface area contributed by atoms with Crippen LogP contribution in [0.25, 0.3) is 0 Å². The van der Waals surface area contributed by atoms with Gasteiger partial charge in [0.05, 0.1) is 18.3 Å². The molecule has 0 aliphatic heterocycles. The highest BCUT2D eigenvalue weighted by Gasteiger charge is 2.32. The Morgan fingerprint density at radius 2 is 2.17 bits per heavy atom. The van der Waals surface area contributed by atoms with E-state index in [-0.39, 0.29) is 0 Å². The lowest BCUT2D eigenvalue weighted by Crippen LogP contribution is -2.26. The molecule has 1 rings (SSSR count). The van der Waals surface area contributed by atoms with Crippen molar-refractivity contribution < 1.29 is 13.2 Å². The fourth-order valence-corrected chi connectivity index (χ4v) is 0.782. The quantitative estimate of drug-likeness (QED) is 0.736. The van der Waals surface area contributed by atoms with Gasteiger partial charge in [-0.15, -0.1) is 0 Å². The van der Waals surface area contributed by atoms with Crippen molar-refractivity contribution in [1.82, 2.24) is 4.98 Å². The lowest BCUT2D eigenvalue weighted by molar-refractivity contribution is 0.00226. The number of hydrogen-bond donors (Lipinski definition) is 1. The van der Waals surface area contributed by atoms with Gasteiger partial charge in [0, 0.05) is 6.20 Å². The molecule has 0 atom stereocenters. The second-order valence-electron chi connectivity index (χ2n) is 2.26. The lowest BCUT2D eigenvalue weighted by atomic mass is 10.1. The molecule has 2 N–H and O–H groups in total. The van der Waals surface area contributed by atoms with E-state index in [0.717, 1.165) is 18.5 Å². The number of alkyl halides is 2. The fraction of sp³-hybridized carbons (Fsp3) is 0.286. The van der Waals surface area contributed by atoms with Gasteiger partial charge in [0.25, 0.3) is 5.92 Å². The molecule has 0 aromatic carbocycles. The molecule has 5 heteroatoms. The normalized spacial score (nSPS) is 11.7. The Morgan fingerprint density at radius 1 is 1.50 bits per heavy atom. The molecule has 0 fully saturated rings. The standard InChI is InChI=1S/C7H7F3N2/c8-6-3-12-2-1-5(6)7(9,10)4-11/h1-3H,4,11H2. The number of halogens is 3. The Kier molecular flexibility index (Phi) is 2.32. The molecule has 12 heavy (non-hydrogen) atoms. The van der Waals surface area contributed by atoms with E-state index in [9.17, 15) is 13.2 Å². The first kappa shape index (κ1) is 8.99. The lowest BCUT2D eigenvalue weighted by Gasteiger charge is -2.13. The van der Waals surface area contributed by atoms with Gasteiger partial charge in [0.2, 0.25) is 0 Å². The topological polar surface area (TPSA) is 38.9 Å². The van der Waals surface area contributed by atoms with Crippen molar-refractivity contribution in [3.63, 3.8) is 0 Å². The number of rotatable bonds is 2. The highest BCUT2D eigenvalue weighted by atomic mass is 19.3. The number of nitrogens with two attached hydrogens (primary N) is 1. The molecule has 1 aromatic heterocycles. The van der Waals surface area contributed by atoms with E-state index in [4.69, 9.17) is 5.73 Å². The van der Waals surface area contributed by atoms with Crippen LogP contribution < -0.4 is 5.73 Å². The summed E-state index contributed by atoms with van der Waals surface area (Å²) in [4.78, 5) is 3.34. The van der Waals surface area contributed by atoms with Crippen molar-refractivity contribution in [2.75, 3.05) is 6.54 Å². The molecule has 1 aromatic rings. The minimum atomic E-state index is -3.31. The van der Waals surface area contributed by atoms with E-state index >= 15 is 0 Å². The molecular formula is C7H7F3N2. The minimum Gasteiger partial charge on any atom is -0.325 e. The van der Waals surface area contributed by atoms with E-state index in [1.807, 2.05) is 0 Å². The minimum absolute atomic E-state index is 0.708. The molecule has 0 unspecified atom stereocenters. The zero-order valence-electron chi connectivity index (χ0n) is 6.10. The van der Waals surface area contributed by atoms with Crippen molar-refractivity contribution in [1.29, 1.82) is 0 Å². The van der Waals surface area contributed by atoms with Crippen LogP contribution in [-0.2, 0) is 5.92 Å². The van der Waals surface area contributed by atoms with E-state index < -0.39 is 23.8 Å². The number of nitrogens with zero attached hydrogens (tertiary/aromatic N) is 1. The van der Waals surface area contributed by atoms with Crippen molar-refractivity contribution >= 4 is 0 Å². The van der Waals surface area contributed by atoms with Crippen molar-refractivity contribution in [3.8, 4) is 0 Å². The summed E-state index contributed by atoms with van der Waals surface area (Å²) in [7, 11) is 0. The smallest absolute Gasteiger partial charge is 0.288 e. The highest BCUT2D eigenvalue weighted by Crippen LogP contribution is 2.27. The molecular weight excluding hydrogens is 169 g/mol. The zero-order valence-corrected chi connectivity index (χ0v) is 6.10. The molecule has 66 valence electrons. The van der Waals surface area contributed by atoms with Crippen LogP contribution in [0.3, 0.4) is 0 Å². The predicted octanol–water partition coefficient (Wildman–Crippen LogP) is 1.27. The van der Waals surface area contributed by atoms with E-state index in [1.165, 1.54) is 0 Å². The molecule has 0 spiro atoms. The summed E-state index contributed by atoms with van der Waals surface area (Å²) in [5.74, 6) is -4.35. The monoisotopic (exact) mass is 176 g/mol. The van der Waals surface area contributed by atoms with E-state index in [1.54, 1.807) is 0 Å². The Morgan fingerprint density at radius 3 is 2.67 bits per heavy atom. The first-order valence-corrected chi connectivity index (χ1v) is 3.26. The molecule has 0 saturated carbocycles. The Balaban J connectivity index is 3.10. The molecule has 2 nitrogen and oxygen atoms in total. The maximum Gasteiger partial charge on any atom is 0.288 e. The van der Waals surface area contributed by atoms with Gasteiger partial charge in [-0.1, -0.05) is 0 Å². The third kappa shape index (κ3) is 1.55. The van der Waals surface area contributed by atoms with Gasteiger partial charge < -0.3 is 5.73 Å². The van der Waals surface area contributed by atoms with E-state index in [0.29, 0.717) is 0 Å². The summed E-state index contributed by atoms with van der Waals surface area (Å²) in [5, 5.41) is 0. The van der Waals surface area contributed by atoms with Crippen LogP contribution in [0, 0.1) is 5.82 Å². The van der Waals surface area contributed by atoms with Gasteiger partial charge in [-0.05, 0) is 6.07 Å². The van der Waals surface area contributed by atoms with Crippen LogP contribution >= 0.6 is 0 Å². The third-order valence-corrected chi connectivity index (χ3v) is 1.42. The second-order valence-corrected chi connectivity index (χ2v) is 2.26. The van der Waals surface area contributed by atoms with Crippen LogP contribution in [0.1, 0.15) is 5.56 Å². The highest BCUT2D eigenvalue weighted by molar-refractivity contribution is 5.18. The maximum atomic E-state index is 12.8. The van der Waals surface area contributed by atoms with Gasteiger partial charge in [-0.25, -0.2) is 4.39 Å². The Hall–Kier alpha value is -1.10. The zero-order chi connectivity index (χ0) is 9.19. The largest absolute Gasteiger partial charge is 0.325 e. The summed E-state index contributed by atoms with van der Waals surface area (Å²) >= 11 is 0. The number of pyridine rings is 1. The fourth-order valence-electron chi connectivity index (χ4n) is 0.782. The third-order valence-electron chi connectivity index (χ3n) is 1.42. The summed E-state index contributed by atoms with van der Waals surface area (Å²) in [6.45, 7) is -0.909. The molecule has 0 saturated heterocycles. The maximum absolute atomic E-state index is 12.8. The molecule has 1 heterocycles. The van der Waals surface area contributed by atoms with E-state index in [2.05, 4.69) is 4.98 Å². The van der Waals surface area contributed by atoms with Crippen LogP contribution in [0.5, 0.6) is 0 Å². The first-order valence-electron chi connectivity index (χ1n) is 3.26. The summed E-state index contributed by atoms with van der Waals surface area (Å²) < 4.78 is 38.2. The van der Waals surface area contributed by atoms with Gasteiger partial charge in [0.1, 0.15) is 0 Å². The van der Waals surface area contributed by atoms with Crippen LogP contribution in [-0.4, -0.2) is 11.5 Å². The van der Waals surface area contributed by atoms with Gasteiger partial charge >= 0.3 is 0 Å². The van der Waals surface area contributed by atoms with Gasteiger partial charge in [-0.3, -0.25) is 4.98 Å². The average Bonchev–Trinajstić information content (AvgIpc) is 2.05. The summed E-state index contributed by atoms with van der Waals surface area (Å²) in [6.07, 6.45) is 1.83. The average molecular weight is 176 g/mol. The summed E-state index contributed by atoms with van der Waals surface area (Å²) in [5.41, 5.74) is 4.06. The summed E-state index contributed by atoms with van der Waals surface area (Å²) in [6, 6.07) is 0.919. The van der Waals surface area contributed by atoms with Gasteiger partial charge in [0.15, 0.2) is 5.82 Å². The number of hydrogen-bond acceptors (Lipinski definition) is 2. The van der Waals surface area contributed by atoms with Crippen LogP contribution in [0.2, 0.25) is 0 Å². The molecule has 0 aliphatic carbocycles. The Labute approximate surface area is 67.2 Å². The van der Waals surface area contributed by atoms with Gasteiger partial charge in [-0.2, -0.15) is 8.78 Å². The number of aromatic nitrogens is 1. The van der Waals surface area contributed by atoms with Crippen molar-refractivity contribution in [2.45, 2.75) is 5.92 Å². The Bertz CT molecular complexity index is 275. The first-order chi connectivity index (χ1) is 5.58. The molecule has 0 radical (unpaired) electrons. The van der Waals surface area contributed by atoms with Crippen molar-refractivity contribution in [3.05, 3.63) is 29.8 Å². The van der Waals surface area contributed by atoms with Crippen LogP contribution in [0.15, 0.2) is 18.5 Å². The molecule has 0 amide bonds.